The Bertz CT molecular complexity index is 348. The Hall–Kier alpha value is -1.78. The molecule has 74 valence electrons. The molecule has 14 heavy (non-hydrogen) atoms. The summed E-state index contributed by atoms with van der Waals surface area (Å²) in [7, 11) is 0. The molecule has 5 heteroatoms. The summed E-state index contributed by atoms with van der Waals surface area (Å²) in [5.74, 6) is -1.14. The summed E-state index contributed by atoms with van der Waals surface area (Å²) in [5.41, 5.74) is 0.0904. The van der Waals surface area contributed by atoms with Crippen molar-refractivity contribution in [2.24, 2.45) is 0 Å². The second-order valence-corrected chi connectivity index (χ2v) is 2.75. The van der Waals surface area contributed by atoms with E-state index in [9.17, 15) is 14.0 Å². The average molecular weight is 196 g/mol. The summed E-state index contributed by atoms with van der Waals surface area (Å²) in [5, 5.41) is 2.34. The van der Waals surface area contributed by atoms with E-state index in [0.717, 1.165) is 12.3 Å². The lowest BCUT2D eigenvalue weighted by molar-refractivity contribution is -0.116. The van der Waals surface area contributed by atoms with Gasteiger partial charge in [0.15, 0.2) is 0 Å². The van der Waals surface area contributed by atoms with Crippen molar-refractivity contribution < 1.29 is 14.0 Å². The van der Waals surface area contributed by atoms with Gasteiger partial charge in [-0.3, -0.25) is 9.59 Å². The van der Waals surface area contributed by atoms with Gasteiger partial charge in [-0.15, -0.1) is 0 Å². The maximum absolute atomic E-state index is 12.4. The molecule has 0 spiro atoms. The molecule has 4 nitrogen and oxygen atoms in total. The smallest absolute Gasteiger partial charge is 0.270 e. The highest BCUT2D eigenvalue weighted by Crippen LogP contribution is 1.97. The van der Waals surface area contributed by atoms with Crippen LogP contribution in [0.2, 0.25) is 0 Å². The summed E-state index contributed by atoms with van der Waals surface area (Å²) < 4.78 is 12.4. The van der Waals surface area contributed by atoms with Crippen molar-refractivity contribution in [1.29, 1.82) is 0 Å². The molecule has 1 aromatic rings. The lowest BCUT2D eigenvalue weighted by Crippen LogP contribution is -2.28. The van der Waals surface area contributed by atoms with Gasteiger partial charge in [-0.2, -0.15) is 0 Å². The third-order valence-electron chi connectivity index (χ3n) is 1.46. The number of carbonyl (C=O) groups excluding carboxylic acids is 2. The van der Waals surface area contributed by atoms with E-state index >= 15 is 0 Å². The molecule has 0 aliphatic rings. The summed E-state index contributed by atoms with van der Waals surface area (Å²) in [6, 6.07) is 2.39. The first kappa shape index (κ1) is 10.3. The topological polar surface area (TPSA) is 59.1 Å². The van der Waals surface area contributed by atoms with E-state index in [0.29, 0.717) is 0 Å². The van der Waals surface area contributed by atoms with Gasteiger partial charge in [0.2, 0.25) is 0 Å². The molecule has 0 aliphatic heterocycles. The number of rotatable bonds is 3. The van der Waals surface area contributed by atoms with Gasteiger partial charge < -0.3 is 5.32 Å². The number of nitrogens with one attached hydrogen (secondary N) is 1. The van der Waals surface area contributed by atoms with Crippen LogP contribution in [0.4, 0.5) is 4.39 Å². The molecule has 1 heterocycles. The molecule has 0 saturated heterocycles. The van der Waals surface area contributed by atoms with Crippen molar-refractivity contribution >= 4 is 11.7 Å². The van der Waals surface area contributed by atoms with Gasteiger partial charge in [0.1, 0.15) is 17.3 Å². The largest absolute Gasteiger partial charge is 0.344 e. The molecule has 0 atom stereocenters. The highest BCUT2D eigenvalue weighted by atomic mass is 19.1. The second kappa shape index (κ2) is 4.45. The predicted octanol–water partition coefficient (Wildman–Crippen LogP) is 0.540. The first-order valence-corrected chi connectivity index (χ1v) is 3.99. The normalized spacial score (nSPS) is 9.57. The number of Topliss-reactive ketones (excluding diaryl/α,β-unsaturated/α-hetero) is 1. The van der Waals surface area contributed by atoms with Crippen LogP contribution in [0.3, 0.4) is 0 Å². The highest BCUT2D eigenvalue weighted by molar-refractivity contribution is 5.94. The Morgan fingerprint density at radius 3 is 2.71 bits per heavy atom. The number of aromatic nitrogens is 1. The second-order valence-electron chi connectivity index (χ2n) is 2.75. The number of hydrogen-bond acceptors (Lipinski definition) is 3. The molecular weight excluding hydrogens is 187 g/mol. The standard InChI is InChI=1S/C9H9FN2O2/c1-6(13)4-12-9(14)8-3-2-7(10)5-11-8/h2-3,5H,4H2,1H3,(H,12,14). The van der Waals surface area contributed by atoms with Crippen LogP contribution in [0.25, 0.3) is 0 Å². The zero-order valence-corrected chi connectivity index (χ0v) is 7.58. The van der Waals surface area contributed by atoms with Crippen molar-refractivity contribution in [2.75, 3.05) is 6.54 Å². The fourth-order valence-electron chi connectivity index (χ4n) is 0.805. The Labute approximate surface area is 80.1 Å². The molecule has 0 aliphatic carbocycles. The molecule has 1 rings (SSSR count). The highest BCUT2D eigenvalue weighted by Gasteiger charge is 2.06. The predicted molar refractivity (Wildman–Crippen MR) is 47.2 cm³/mol. The van der Waals surface area contributed by atoms with Gasteiger partial charge in [-0.05, 0) is 19.1 Å². The molecule has 0 saturated carbocycles. The van der Waals surface area contributed by atoms with Gasteiger partial charge in [0.05, 0.1) is 12.7 Å². The van der Waals surface area contributed by atoms with Crippen LogP contribution in [-0.2, 0) is 4.79 Å². The zero-order chi connectivity index (χ0) is 10.6. The first-order chi connectivity index (χ1) is 6.59. The number of pyridine rings is 1. The number of amides is 1. The van der Waals surface area contributed by atoms with Crippen LogP contribution in [0.1, 0.15) is 17.4 Å². The molecule has 1 amide bonds. The summed E-state index contributed by atoms with van der Waals surface area (Å²) in [4.78, 5) is 25.3. The molecule has 1 N–H and O–H groups in total. The zero-order valence-electron chi connectivity index (χ0n) is 7.58. The minimum absolute atomic E-state index is 0.0438. The van der Waals surface area contributed by atoms with Crippen molar-refractivity contribution in [2.45, 2.75) is 6.92 Å². The van der Waals surface area contributed by atoms with Crippen molar-refractivity contribution in [1.82, 2.24) is 10.3 Å². The molecular formula is C9H9FN2O2. The Kier molecular flexibility index (Phi) is 3.28. The van der Waals surface area contributed by atoms with Gasteiger partial charge in [-0.25, -0.2) is 9.37 Å². The fourth-order valence-corrected chi connectivity index (χ4v) is 0.805. The fraction of sp³-hybridized carbons (Fsp3) is 0.222. The lowest BCUT2D eigenvalue weighted by atomic mass is 10.3. The molecule has 0 fully saturated rings. The van der Waals surface area contributed by atoms with E-state index in [-0.39, 0.29) is 18.0 Å². The molecule has 0 radical (unpaired) electrons. The summed E-state index contributed by atoms with van der Waals surface area (Å²) >= 11 is 0. The van der Waals surface area contributed by atoms with Crippen LogP contribution in [0.15, 0.2) is 18.3 Å². The van der Waals surface area contributed by atoms with Crippen molar-refractivity contribution in [3.63, 3.8) is 0 Å². The summed E-state index contributed by atoms with van der Waals surface area (Å²) in [6.07, 6.45) is 0.947. The number of carbonyl (C=O) groups is 2. The van der Waals surface area contributed by atoms with Gasteiger partial charge in [0.25, 0.3) is 5.91 Å². The quantitative estimate of drug-likeness (QED) is 0.767. The average Bonchev–Trinajstić information content (AvgIpc) is 2.15. The number of nitrogens with zero attached hydrogens (tertiary/aromatic N) is 1. The molecule has 1 aromatic heterocycles. The SMILES string of the molecule is CC(=O)CNC(=O)c1ccc(F)cn1. The molecule has 0 bridgehead atoms. The summed E-state index contributed by atoms with van der Waals surface area (Å²) in [6.45, 7) is 1.32. The number of halogens is 1. The van der Waals surface area contributed by atoms with Crippen LogP contribution in [0.5, 0.6) is 0 Å². The molecule has 0 unspecified atom stereocenters. The monoisotopic (exact) mass is 196 g/mol. The minimum Gasteiger partial charge on any atom is -0.344 e. The van der Waals surface area contributed by atoms with E-state index in [2.05, 4.69) is 10.3 Å². The third kappa shape index (κ3) is 2.93. The molecule has 0 aromatic carbocycles. The lowest BCUT2D eigenvalue weighted by Gasteiger charge is -2.00. The van der Waals surface area contributed by atoms with Gasteiger partial charge >= 0.3 is 0 Å². The first-order valence-electron chi connectivity index (χ1n) is 3.99. The van der Waals surface area contributed by atoms with E-state index in [1.165, 1.54) is 13.0 Å². The number of hydrogen-bond donors (Lipinski definition) is 1. The van der Waals surface area contributed by atoms with Gasteiger partial charge in [-0.1, -0.05) is 0 Å². The van der Waals surface area contributed by atoms with Gasteiger partial charge in [0, 0.05) is 0 Å². The Morgan fingerprint density at radius 2 is 2.21 bits per heavy atom. The van der Waals surface area contributed by atoms with Crippen LogP contribution >= 0.6 is 0 Å². The van der Waals surface area contributed by atoms with Crippen LogP contribution < -0.4 is 5.32 Å². The Balaban J connectivity index is 2.61. The minimum atomic E-state index is -0.506. The van der Waals surface area contributed by atoms with E-state index in [4.69, 9.17) is 0 Å². The van der Waals surface area contributed by atoms with E-state index < -0.39 is 11.7 Å². The number of ketones is 1. The third-order valence-corrected chi connectivity index (χ3v) is 1.46. The maximum Gasteiger partial charge on any atom is 0.270 e. The van der Waals surface area contributed by atoms with Crippen LogP contribution in [-0.4, -0.2) is 23.2 Å². The van der Waals surface area contributed by atoms with Crippen molar-refractivity contribution in [3.05, 3.63) is 29.8 Å². The van der Waals surface area contributed by atoms with E-state index in [1.807, 2.05) is 0 Å². The van der Waals surface area contributed by atoms with Crippen molar-refractivity contribution in [3.8, 4) is 0 Å². The van der Waals surface area contributed by atoms with E-state index in [1.54, 1.807) is 0 Å². The maximum atomic E-state index is 12.4. The Morgan fingerprint density at radius 1 is 1.50 bits per heavy atom. The van der Waals surface area contributed by atoms with Crippen LogP contribution in [0, 0.1) is 5.82 Å².